The lowest BCUT2D eigenvalue weighted by atomic mass is 10.0. The van der Waals surface area contributed by atoms with E-state index in [4.69, 9.17) is 0 Å². The van der Waals surface area contributed by atoms with Gasteiger partial charge in [0.05, 0.1) is 10.2 Å². The molecule has 2 aromatic rings. The van der Waals surface area contributed by atoms with Crippen LogP contribution >= 0.6 is 15.9 Å². The second-order valence-corrected chi connectivity index (χ2v) is 7.38. The van der Waals surface area contributed by atoms with Gasteiger partial charge in [0.2, 0.25) is 0 Å². The van der Waals surface area contributed by atoms with Crippen LogP contribution in [0.15, 0.2) is 28.7 Å². The largest absolute Gasteiger partial charge is 0.334 e. The van der Waals surface area contributed by atoms with Gasteiger partial charge in [-0.2, -0.15) is 5.10 Å². The van der Waals surface area contributed by atoms with E-state index in [9.17, 15) is 9.18 Å². The van der Waals surface area contributed by atoms with E-state index < -0.39 is 0 Å². The fraction of sp³-hybridized carbons (Fsp3) is 0.444. The molecule has 1 aliphatic heterocycles. The average Bonchev–Trinajstić information content (AvgIpc) is 3.13. The van der Waals surface area contributed by atoms with Crippen LogP contribution in [-0.2, 0) is 6.42 Å². The Morgan fingerprint density at radius 1 is 1.50 bits per heavy atom. The molecular formula is C18H21BrFN3O. The number of amides is 1. The molecule has 1 saturated heterocycles. The van der Waals surface area contributed by atoms with Gasteiger partial charge in [0.25, 0.3) is 5.91 Å². The van der Waals surface area contributed by atoms with E-state index in [1.54, 1.807) is 12.1 Å². The predicted octanol–water partition coefficient (Wildman–Crippen LogP) is 4.28. The lowest BCUT2D eigenvalue weighted by molar-refractivity contribution is 0.0729. The second-order valence-electron chi connectivity index (χ2n) is 6.58. The average molecular weight is 394 g/mol. The normalized spacial score (nSPS) is 17.7. The van der Waals surface area contributed by atoms with Gasteiger partial charge >= 0.3 is 0 Å². The molecule has 0 radical (unpaired) electrons. The monoisotopic (exact) mass is 393 g/mol. The van der Waals surface area contributed by atoms with Crippen LogP contribution in [0.4, 0.5) is 4.39 Å². The van der Waals surface area contributed by atoms with Gasteiger partial charge in [0.1, 0.15) is 5.82 Å². The van der Waals surface area contributed by atoms with Crippen LogP contribution in [0.25, 0.3) is 0 Å². The Hall–Kier alpha value is -1.69. The maximum Gasteiger partial charge on any atom is 0.275 e. The molecule has 1 N–H and O–H groups in total. The summed E-state index contributed by atoms with van der Waals surface area (Å²) in [6, 6.07) is 6.69. The molecule has 128 valence electrons. The van der Waals surface area contributed by atoms with Crippen molar-refractivity contribution in [2.45, 2.75) is 45.1 Å². The molecule has 4 nitrogen and oxygen atoms in total. The lowest BCUT2D eigenvalue weighted by Gasteiger charge is -2.24. The topological polar surface area (TPSA) is 49.0 Å². The molecule has 0 bridgehead atoms. The molecule has 1 aromatic heterocycles. The van der Waals surface area contributed by atoms with E-state index >= 15 is 0 Å². The number of hydrogen-bond donors (Lipinski definition) is 1. The van der Waals surface area contributed by atoms with E-state index in [1.165, 1.54) is 6.07 Å². The second kappa shape index (κ2) is 7.05. The fourth-order valence-electron chi connectivity index (χ4n) is 3.25. The minimum Gasteiger partial charge on any atom is -0.334 e. The first-order chi connectivity index (χ1) is 11.5. The third-order valence-electron chi connectivity index (χ3n) is 4.51. The Kier molecular flexibility index (Phi) is 5.04. The molecule has 1 unspecified atom stereocenters. The maximum absolute atomic E-state index is 13.4. The van der Waals surface area contributed by atoms with Crippen molar-refractivity contribution in [3.05, 3.63) is 51.5 Å². The Labute approximate surface area is 149 Å². The van der Waals surface area contributed by atoms with E-state index in [0.29, 0.717) is 12.1 Å². The molecule has 2 heterocycles. The molecule has 0 saturated carbocycles. The molecule has 1 aromatic carbocycles. The van der Waals surface area contributed by atoms with E-state index in [1.807, 2.05) is 11.0 Å². The van der Waals surface area contributed by atoms with Gasteiger partial charge in [-0.25, -0.2) is 4.39 Å². The number of aromatic amines is 1. The van der Waals surface area contributed by atoms with E-state index in [2.05, 4.69) is 40.0 Å². The summed E-state index contributed by atoms with van der Waals surface area (Å²) < 4.78 is 14.1. The minimum atomic E-state index is -0.236. The SMILES string of the molecule is CC(C)c1[nH]nc(C(=O)N2CCCC2Cc2cccc(F)c2)c1Br. The molecule has 1 atom stereocenters. The molecule has 1 amide bonds. The van der Waals surface area contributed by atoms with Crippen molar-refractivity contribution in [1.29, 1.82) is 0 Å². The van der Waals surface area contributed by atoms with Gasteiger partial charge < -0.3 is 4.90 Å². The first-order valence-electron chi connectivity index (χ1n) is 8.26. The van der Waals surface area contributed by atoms with Gasteiger partial charge in [-0.1, -0.05) is 26.0 Å². The number of nitrogens with zero attached hydrogens (tertiary/aromatic N) is 2. The van der Waals surface area contributed by atoms with Gasteiger partial charge in [-0.3, -0.25) is 9.89 Å². The number of aromatic nitrogens is 2. The number of hydrogen-bond acceptors (Lipinski definition) is 2. The quantitative estimate of drug-likeness (QED) is 0.842. The Morgan fingerprint density at radius 2 is 2.29 bits per heavy atom. The summed E-state index contributed by atoms with van der Waals surface area (Å²) in [5.74, 6) is -0.0426. The van der Waals surface area contributed by atoms with Crippen molar-refractivity contribution < 1.29 is 9.18 Å². The van der Waals surface area contributed by atoms with Crippen LogP contribution in [-0.4, -0.2) is 33.6 Å². The summed E-state index contributed by atoms with van der Waals surface area (Å²) in [7, 11) is 0. The van der Waals surface area contributed by atoms with Crippen molar-refractivity contribution in [2.75, 3.05) is 6.54 Å². The highest BCUT2D eigenvalue weighted by Gasteiger charge is 2.32. The fourth-order valence-corrected chi connectivity index (χ4v) is 4.06. The van der Waals surface area contributed by atoms with Gasteiger partial charge in [0, 0.05) is 12.6 Å². The molecule has 0 aliphatic carbocycles. The first kappa shape index (κ1) is 17.1. The van der Waals surface area contributed by atoms with Crippen molar-refractivity contribution in [2.24, 2.45) is 0 Å². The van der Waals surface area contributed by atoms with Crippen LogP contribution in [0, 0.1) is 5.82 Å². The molecule has 1 aliphatic rings. The highest BCUT2D eigenvalue weighted by molar-refractivity contribution is 9.10. The van der Waals surface area contributed by atoms with Crippen molar-refractivity contribution >= 4 is 21.8 Å². The smallest absolute Gasteiger partial charge is 0.275 e. The van der Waals surface area contributed by atoms with Crippen LogP contribution in [0.3, 0.4) is 0 Å². The maximum atomic E-state index is 13.4. The molecule has 6 heteroatoms. The standard InChI is InChI=1S/C18H21BrFN3O/c1-11(2)16-15(19)17(22-21-16)18(24)23-8-4-7-14(23)10-12-5-3-6-13(20)9-12/h3,5-6,9,11,14H,4,7-8,10H2,1-2H3,(H,21,22). The molecule has 0 spiro atoms. The third kappa shape index (κ3) is 3.38. The van der Waals surface area contributed by atoms with Gasteiger partial charge in [-0.15, -0.1) is 0 Å². The molecular weight excluding hydrogens is 373 g/mol. The summed E-state index contributed by atoms with van der Waals surface area (Å²) >= 11 is 3.51. The van der Waals surface area contributed by atoms with Gasteiger partial charge in [-0.05, 0) is 58.8 Å². The zero-order valence-corrected chi connectivity index (χ0v) is 15.4. The lowest BCUT2D eigenvalue weighted by Crippen LogP contribution is -2.37. The highest BCUT2D eigenvalue weighted by atomic mass is 79.9. The zero-order valence-electron chi connectivity index (χ0n) is 13.9. The predicted molar refractivity (Wildman–Crippen MR) is 94.5 cm³/mol. The molecule has 3 rings (SSSR count). The van der Waals surface area contributed by atoms with Crippen molar-refractivity contribution in [3.63, 3.8) is 0 Å². The van der Waals surface area contributed by atoms with E-state index in [-0.39, 0.29) is 23.7 Å². The summed E-state index contributed by atoms with van der Waals surface area (Å²) in [5, 5.41) is 7.17. The van der Waals surface area contributed by atoms with E-state index in [0.717, 1.165) is 35.1 Å². The summed E-state index contributed by atoms with van der Waals surface area (Å²) in [6.07, 6.45) is 2.56. The first-order valence-corrected chi connectivity index (χ1v) is 9.06. The van der Waals surface area contributed by atoms with Crippen molar-refractivity contribution in [1.82, 2.24) is 15.1 Å². The summed E-state index contributed by atoms with van der Waals surface area (Å²) in [6.45, 7) is 4.82. The molecule has 1 fully saturated rings. The van der Waals surface area contributed by atoms with Crippen LogP contribution < -0.4 is 0 Å². The zero-order chi connectivity index (χ0) is 17.3. The number of carbonyl (C=O) groups is 1. The third-order valence-corrected chi connectivity index (χ3v) is 5.31. The number of H-pyrrole nitrogens is 1. The van der Waals surface area contributed by atoms with Crippen LogP contribution in [0.2, 0.25) is 0 Å². The summed E-state index contributed by atoms with van der Waals surface area (Å²) in [4.78, 5) is 14.8. The molecule has 24 heavy (non-hydrogen) atoms. The van der Waals surface area contributed by atoms with Crippen LogP contribution in [0.1, 0.15) is 54.4 Å². The number of halogens is 2. The minimum absolute atomic E-state index is 0.0658. The Bertz CT molecular complexity index is 744. The Morgan fingerprint density at radius 3 is 2.96 bits per heavy atom. The number of rotatable bonds is 4. The number of likely N-dealkylation sites (tertiary alicyclic amines) is 1. The number of benzene rings is 1. The van der Waals surface area contributed by atoms with Crippen LogP contribution in [0.5, 0.6) is 0 Å². The summed E-state index contributed by atoms with van der Waals surface area (Å²) in [5.41, 5.74) is 2.28. The van der Waals surface area contributed by atoms with Crippen molar-refractivity contribution in [3.8, 4) is 0 Å². The van der Waals surface area contributed by atoms with Gasteiger partial charge in [0.15, 0.2) is 5.69 Å². The number of carbonyl (C=O) groups excluding carboxylic acids is 1. The highest BCUT2D eigenvalue weighted by Crippen LogP contribution is 2.29. The number of nitrogens with one attached hydrogen (secondary N) is 1. The Balaban J connectivity index is 1.79.